The number of benzene rings is 1. The predicted octanol–water partition coefficient (Wildman–Crippen LogP) is 2.30. The Bertz CT molecular complexity index is 868. The fraction of sp³-hybridized carbons (Fsp3) is 0.267. The Morgan fingerprint density at radius 2 is 2.18 bits per heavy atom. The molecule has 3 rings (SSSR count). The van der Waals surface area contributed by atoms with Crippen LogP contribution in [0.5, 0.6) is 0 Å². The molecule has 0 saturated carbocycles. The quantitative estimate of drug-likeness (QED) is 0.770. The number of hydrogen-bond acceptors (Lipinski definition) is 5. The van der Waals surface area contributed by atoms with E-state index in [1.165, 1.54) is 0 Å². The van der Waals surface area contributed by atoms with E-state index in [4.69, 9.17) is 8.94 Å². The molecule has 0 unspecified atom stereocenters. The van der Waals surface area contributed by atoms with Crippen LogP contribution in [0.2, 0.25) is 0 Å². The molecule has 22 heavy (non-hydrogen) atoms. The Morgan fingerprint density at radius 1 is 1.36 bits per heavy atom. The Balaban J connectivity index is 1.66. The first kappa shape index (κ1) is 14.1. The summed E-state index contributed by atoms with van der Waals surface area (Å²) >= 11 is 0. The topological polar surface area (TPSA) is 101 Å². The Hall–Kier alpha value is -2.83. The van der Waals surface area contributed by atoms with Crippen LogP contribution < -0.4 is 11.1 Å². The maximum atomic E-state index is 12.0. The SMILES string of the molecule is Cc1noc(C)c1CCC(=O)Nc1ccc2oc(=O)[nH]c2c1. The maximum Gasteiger partial charge on any atom is 0.417 e. The third-order valence-corrected chi connectivity index (χ3v) is 3.49. The van der Waals surface area contributed by atoms with Crippen molar-refractivity contribution in [1.29, 1.82) is 0 Å². The van der Waals surface area contributed by atoms with E-state index in [1.54, 1.807) is 18.2 Å². The zero-order valence-corrected chi connectivity index (χ0v) is 12.2. The molecule has 114 valence electrons. The summed E-state index contributed by atoms with van der Waals surface area (Å²) in [5.41, 5.74) is 3.38. The number of fused-ring (bicyclic) bond motifs is 1. The van der Waals surface area contributed by atoms with Gasteiger partial charge in [0.25, 0.3) is 0 Å². The van der Waals surface area contributed by atoms with Crippen molar-refractivity contribution in [3.63, 3.8) is 0 Å². The first-order valence-electron chi connectivity index (χ1n) is 6.87. The van der Waals surface area contributed by atoms with Gasteiger partial charge in [0.1, 0.15) is 5.76 Å². The molecule has 1 amide bonds. The average Bonchev–Trinajstić information content (AvgIpc) is 2.98. The summed E-state index contributed by atoms with van der Waals surface area (Å²) in [5, 5.41) is 6.65. The molecule has 0 spiro atoms. The summed E-state index contributed by atoms with van der Waals surface area (Å²) in [5.74, 6) is 0.102. The minimum Gasteiger partial charge on any atom is -0.408 e. The van der Waals surface area contributed by atoms with Gasteiger partial charge in [-0.05, 0) is 38.5 Å². The molecule has 0 atom stereocenters. The Kier molecular flexibility index (Phi) is 3.54. The van der Waals surface area contributed by atoms with Crippen molar-refractivity contribution in [2.45, 2.75) is 26.7 Å². The van der Waals surface area contributed by atoms with E-state index < -0.39 is 5.76 Å². The third-order valence-electron chi connectivity index (χ3n) is 3.49. The number of H-pyrrole nitrogens is 1. The Morgan fingerprint density at radius 3 is 2.91 bits per heavy atom. The molecule has 7 heteroatoms. The standard InChI is InChI=1S/C15H15N3O4/c1-8-11(9(2)22-18-8)4-6-14(19)16-10-3-5-13-12(7-10)17-15(20)21-13/h3,5,7H,4,6H2,1-2H3,(H,16,19)(H,17,20). The molecule has 2 N–H and O–H groups in total. The molecule has 1 aromatic carbocycles. The van der Waals surface area contributed by atoms with Crippen molar-refractivity contribution in [3.8, 4) is 0 Å². The average molecular weight is 301 g/mol. The second-order valence-corrected chi connectivity index (χ2v) is 5.08. The minimum atomic E-state index is -0.517. The van der Waals surface area contributed by atoms with Gasteiger partial charge in [0.15, 0.2) is 5.58 Å². The largest absolute Gasteiger partial charge is 0.417 e. The second-order valence-electron chi connectivity index (χ2n) is 5.08. The van der Waals surface area contributed by atoms with Gasteiger partial charge in [0.05, 0.1) is 11.2 Å². The maximum absolute atomic E-state index is 12.0. The van der Waals surface area contributed by atoms with E-state index in [9.17, 15) is 9.59 Å². The van der Waals surface area contributed by atoms with Crippen molar-refractivity contribution in [1.82, 2.24) is 10.1 Å². The van der Waals surface area contributed by atoms with E-state index >= 15 is 0 Å². The first-order valence-corrected chi connectivity index (χ1v) is 6.87. The molecule has 0 aliphatic heterocycles. The van der Waals surface area contributed by atoms with E-state index in [0.717, 1.165) is 17.0 Å². The lowest BCUT2D eigenvalue weighted by molar-refractivity contribution is -0.116. The van der Waals surface area contributed by atoms with Crippen molar-refractivity contribution in [3.05, 3.63) is 45.8 Å². The smallest absolute Gasteiger partial charge is 0.408 e. The van der Waals surface area contributed by atoms with Gasteiger partial charge in [-0.3, -0.25) is 9.78 Å². The van der Waals surface area contributed by atoms with Gasteiger partial charge >= 0.3 is 5.76 Å². The number of nitrogens with one attached hydrogen (secondary N) is 2. The van der Waals surface area contributed by atoms with Crippen LogP contribution in [-0.4, -0.2) is 16.0 Å². The highest BCUT2D eigenvalue weighted by Crippen LogP contribution is 2.18. The third kappa shape index (κ3) is 2.78. The summed E-state index contributed by atoms with van der Waals surface area (Å²) in [7, 11) is 0. The number of rotatable bonds is 4. The molecule has 0 bridgehead atoms. The monoisotopic (exact) mass is 301 g/mol. The van der Waals surface area contributed by atoms with Crippen LogP contribution in [0.3, 0.4) is 0 Å². The van der Waals surface area contributed by atoms with Crippen LogP contribution in [0.4, 0.5) is 5.69 Å². The normalized spacial score (nSPS) is 11.0. The number of aromatic nitrogens is 2. The van der Waals surface area contributed by atoms with Crippen LogP contribution in [0, 0.1) is 13.8 Å². The zero-order chi connectivity index (χ0) is 15.7. The van der Waals surface area contributed by atoms with Crippen molar-refractivity contribution in [2.75, 3.05) is 5.32 Å². The molecule has 0 radical (unpaired) electrons. The van der Waals surface area contributed by atoms with E-state index in [-0.39, 0.29) is 5.91 Å². The second kappa shape index (κ2) is 5.51. The molecule has 0 aliphatic rings. The van der Waals surface area contributed by atoms with Gasteiger partial charge in [-0.2, -0.15) is 0 Å². The summed E-state index contributed by atoms with van der Waals surface area (Å²) in [6.45, 7) is 3.68. The Labute approximate surface area is 125 Å². The summed E-state index contributed by atoms with van der Waals surface area (Å²) in [6, 6.07) is 4.98. The number of aromatic amines is 1. The van der Waals surface area contributed by atoms with Gasteiger partial charge in [-0.25, -0.2) is 4.79 Å². The number of carbonyl (C=O) groups excluding carboxylic acids is 1. The lowest BCUT2D eigenvalue weighted by Crippen LogP contribution is -2.12. The molecular formula is C15H15N3O4. The van der Waals surface area contributed by atoms with Crippen LogP contribution in [-0.2, 0) is 11.2 Å². The number of aryl methyl sites for hydroxylation is 2. The molecule has 0 fully saturated rings. The van der Waals surface area contributed by atoms with E-state index in [1.807, 2.05) is 13.8 Å². The minimum absolute atomic E-state index is 0.120. The number of anilines is 1. The zero-order valence-electron chi connectivity index (χ0n) is 12.2. The van der Waals surface area contributed by atoms with Crippen molar-refractivity contribution in [2.24, 2.45) is 0 Å². The van der Waals surface area contributed by atoms with Crippen molar-refractivity contribution < 1.29 is 13.7 Å². The summed E-state index contributed by atoms with van der Waals surface area (Å²) in [4.78, 5) is 25.7. The number of nitrogens with zero attached hydrogens (tertiary/aromatic N) is 1. The number of amides is 1. The lowest BCUT2D eigenvalue weighted by atomic mass is 10.1. The van der Waals surface area contributed by atoms with Gasteiger partial charge in [-0.15, -0.1) is 0 Å². The fourth-order valence-electron chi connectivity index (χ4n) is 2.35. The van der Waals surface area contributed by atoms with Gasteiger partial charge in [0, 0.05) is 17.7 Å². The molecule has 7 nitrogen and oxygen atoms in total. The van der Waals surface area contributed by atoms with Gasteiger partial charge in [0.2, 0.25) is 5.91 Å². The molecular weight excluding hydrogens is 286 g/mol. The highest BCUT2D eigenvalue weighted by atomic mass is 16.5. The lowest BCUT2D eigenvalue weighted by Gasteiger charge is -2.05. The van der Waals surface area contributed by atoms with Crippen LogP contribution >= 0.6 is 0 Å². The summed E-state index contributed by atoms with van der Waals surface area (Å²) < 4.78 is 9.98. The number of carbonyl (C=O) groups is 1. The first-order chi connectivity index (χ1) is 10.5. The molecule has 2 aromatic heterocycles. The fourth-order valence-corrected chi connectivity index (χ4v) is 2.35. The van der Waals surface area contributed by atoms with E-state index in [0.29, 0.717) is 29.6 Å². The number of oxazole rings is 1. The molecule has 0 saturated heterocycles. The molecule has 2 heterocycles. The van der Waals surface area contributed by atoms with Gasteiger partial charge in [-0.1, -0.05) is 5.16 Å². The highest BCUT2D eigenvalue weighted by Gasteiger charge is 2.11. The van der Waals surface area contributed by atoms with Gasteiger partial charge < -0.3 is 14.3 Å². The molecule has 3 aromatic rings. The highest BCUT2D eigenvalue weighted by molar-refractivity contribution is 5.92. The van der Waals surface area contributed by atoms with E-state index in [2.05, 4.69) is 15.5 Å². The van der Waals surface area contributed by atoms with Crippen LogP contribution in [0.1, 0.15) is 23.4 Å². The summed E-state index contributed by atoms with van der Waals surface area (Å²) in [6.07, 6.45) is 0.890. The predicted molar refractivity (Wildman–Crippen MR) is 79.8 cm³/mol. The van der Waals surface area contributed by atoms with Crippen LogP contribution in [0.25, 0.3) is 11.1 Å². The van der Waals surface area contributed by atoms with Crippen molar-refractivity contribution >= 4 is 22.7 Å². The van der Waals surface area contributed by atoms with Crippen LogP contribution in [0.15, 0.2) is 31.9 Å². The molecule has 0 aliphatic carbocycles. The number of hydrogen-bond donors (Lipinski definition) is 2.